The predicted octanol–water partition coefficient (Wildman–Crippen LogP) is 0.628. The van der Waals surface area contributed by atoms with E-state index in [0.29, 0.717) is 16.5 Å². The second kappa shape index (κ2) is 5.49. The number of azide groups is 1. The quantitative estimate of drug-likeness (QED) is 0.422. The maximum Gasteiger partial charge on any atom is 0.258 e. The Morgan fingerprint density at radius 1 is 1.47 bits per heavy atom. The zero-order valence-electron chi connectivity index (χ0n) is 9.76. The number of aliphatic hydroxyl groups is 2. The van der Waals surface area contributed by atoms with E-state index in [1.165, 1.54) is 12.4 Å². The number of aliphatic hydroxyl groups excluding tert-OH is 2. The molecule has 0 aliphatic rings. The average Bonchev–Trinajstić information content (AvgIpc) is 2.44. The van der Waals surface area contributed by atoms with Gasteiger partial charge in [0.15, 0.2) is 0 Å². The first kappa shape index (κ1) is 13.0. The van der Waals surface area contributed by atoms with E-state index in [9.17, 15) is 15.0 Å². The molecule has 0 spiro atoms. The van der Waals surface area contributed by atoms with Gasteiger partial charge in [0.05, 0.1) is 29.9 Å². The number of rotatable bonds is 4. The summed E-state index contributed by atoms with van der Waals surface area (Å²) in [6.45, 7) is -0.251. The van der Waals surface area contributed by atoms with Crippen LogP contribution in [-0.4, -0.2) is 32.8 Å². The molecule has 8 nitrogen and oxygen atoms in total. The highest BCUT2D eigenvalue weighted by Gasteiger charge is 2.18. The van der Waals surface area contributed by atoms with Crippen LogP contribution in [0.5, 0.6) is 0 Å². The second-order valence-electron chi connectivity index (χ2n) is 3.93. The van der Waals surface area contributed by atoms with E-state index < -0.39 is 12.2 Å². The van der Waals surface area contributed by atoms with Gasteiger partial charge in [0.25, 0.3) is 5.56 Å². The smallest absolute Gasteiger partial charge is 0.258 e. The summed E-state index contributed by atoms with van der Waals surface area (Å²) in [7, 11) is 0. The van der Waals surface area contributed by atoms with Gasteiger partial charge >= 0.3 is 0 Å². The van der Waals surface area contributed by atoms with Gasteiger partial charge in [-0.2, -0.15) is 0 Å². The molecule has 0 bridgehead atoms. The average molecular weight is 261 g/mol. The summed E-state index contributed by atoms with van der Waals surface area (Å²) in [5, 5.41) is 23.0. The molecule has 1 heterocycles. The van der Waals surface area contributed by atoms with Crippen molar-refractivity contribution in [1.29, 1.82) is 0 Å². The molecular formula is C11H11N5O3. The Bertz CT molecular complexity index is 692. The monoisotopic (exact) mass is 261 g/mol. The number of benzene rings is 1. The van der Waals surface area contributed by atoms with Gasteiger partial charge in [-0.25, -0.2) is 4.98 Å². The standard InChI is InChI=1S/C11H11N5O3/c12-16-15-4-9(17)10(18)6-1-2-8-7(3-6)11(19)14-5-13-8/h1-3,5,9-10,17-18H,4H2,(H,13,14,19). The van der Waals surface area contributed by atoms with Crippen LogP contribution in [0, 0.1) is 0 Å². The van der Waals surface area contributed by atoms with Crippen molar-refractivity contribution in [2.45, 2.75) is 12.2 Å². The van der Waals surface area contributed by atoms with Crippen molar-refractivity contribution in [3.8, 4) is 0 Å². The van der Waals surface area contributed by atoms with Gasteiger partial charge in [-0.05, 0) is 23.2 Å². The molecule has 0 radical (unpaired) electrons. The molecule has 2 unspecified atom stereocenters. The molecule has 8 heteroatoms. The summed E-state index contributed by atoms with van der Waals surface area (Å²) < 4.78 is 0. The number of nitrogens with zero attached hydrogens (tertiary/aromatic N) is 4. The molecule has 19 heavy (non-hydrogen) atoms. The fraction of sp³-hybridized carbons (Fsp3) is 0.273. The minimum absolute atomic E-state index is 0.251. The van der Waals surface area contributed by atoms with Crippen LogP contribution < -0.4 is 5.56 Å². The maximum absolute atomic E-state index is 11.6. The molecule has 2 atom stereocenters. The molecule has 2 aromatic rings. The van der Waals surface area contributed by atoms with Crippen LogP contribution in [0.15, 0.2) is 34.4 Å². The van der Waals surface area contributed by atoms with E-state index in [4.69, 9.17) is 5.53 Å². The number of hydrogen-bond acceptors (Lipinski definition) is 5. The van der Waals surface area contributed by atoms with Crippen LogP contribution in [0.25, 0.3) is 21.3 Å². The molecule has 0 saturated heterocycles. The Hall–Kier alpha value is -2.41. The van der Waals surface area contributed by atoms with Gasteiger partial charge < -0.3 is 15.2 Å². The van der Waals surface area contributed by atoms with E-state index in [1.807, 2.05) is 0 Å². The van der Waals surface area contributed by atoms with Gasteiger partial charge in [-0.3, -0.25) is 4.79 Å². The first-order chi connectivity index (χ1) is 9.13. The lowest BCUT2D eigenvalue weighted by molar-refractivity contribution is 0.0245. The van der Waals surface area contributed by atoms with Crippen molar-refractivity contribution in [2.75, 3.05) is 6.54 Å². The van der Waals surface area contributed by atoms with E-state index >= 15 is 0 Å². The van der Waals surface area contributed by atoms with Gasteiger partial charge in [0, 0.05) is 4.91 Å². The summed E-state index contributed by atoms with van der Waals surface area (Å²) in [6, 6.07) is 4.58. The van der Waals surface area contributed by atoms with Crippen LogP contribution >= 0.6 is 0 Å². The third kappa shape index (κ3) is 2.71. The topological polar surface area (TPSA) is 135 Å². The molecule has 0 aliphatic carbocycles. The van der Waals surface area contributed by atoms with Crippen LogP contribution in [0.4, 0.5) is 0 Å². The van der Waals surface area contributed by atoms with Crippen molar-refractivity contribution in [2.24, 2.45) is 5.11 Å². The Labute approximate surface area is 107 Å². The van der Waals surface area contributed by atoms with Gasteiger partial charge in [-0.15, -0.1) is 0 Å². The first-order valence-electron chi connectivity index (χ1n) is 5.48. The van der Waals surface area contributed by atoms with Crippen molar-refractivity contribution < 1.29 is 10.2 Å². The summed E-state index contributed by atoms with van der Waals surface area (Å²) in [6.07, 6.45) is -1.18. The SMILES string of the molecule is [N-]=[N+]=NCC(O)C(O)c1ccc2nc[nH]c(=O)c2c1. The Morgan fingerprint density at radius 2 is 2.26 bits per heavy atom. The number of aromatic amines is 1. The predicted molar refractivity (Wildman–Crippen MR) is 67.3 cm³/mol. The maximum atomic E-state index is 11.6. The van der Waals surface area contributed by atoms with E-state index in [2.05, 4.69) is 20.0 Å². The van der Waals surface area contributed by atoms with Crippen molar-refractivity contribution in [3.63, 3.8) is 0 Å². The highest BCUT2D eigenvalue weighted by atomic mass is 16.3. The third-order valence-corrected chi connectivity index (χ3v) is 2.70. The number of aromatic nitrogens is 2. The Balaban J connectivity index is 2.37. The summed E-state index contributed by atoms with van der Waals surface area (Å²) in [5.41, 5.74) is 8.67. The van der Waals surface area contributed by atoms with Crippen molar-refractivity contribution in [1.82, 2.24) is 9.97 Å². The molecule has 0 aliphatic heterocycles. The minimum atomic E-state index is -1.24. The van der Waals surface area contributed by atoms with E-state index in [-0.39, 0.29) is 12.1 Å². The minimum Gasteiger partial charge on any atom is -0.390 e. The lowest BCUT2D eigenvalue weighted by atomic mass is 10.0. The van der Waals surface area contributed by atoms with Crippen LogP contribution in [-0.2, 0) is 0 Å². The molecule has 3 N–H and O–H groups in total. The van der Waals surface area contributed by atoms with Gasteiger partial charge in [0.1, 0.15) is 6.10 Å². The number of fused-ring (bicyclic) bond motifs is 1. The van der Waals surface area contributed by atoms with Crippen molar-refractivity contribution >= 4 is 10.9 Å². The molecule has 98 valence electrons. The Morgan fingerprint density at radius 3 is 3.00 bits per heavy atom. The normalized spacial score (nSPS) is 13.8. The van der Waals surface area contributed by atoms with Gasteiger partial charge in [0.2, 0.25) is 0 Å². The fourth-order valence-corrected chi connectivity index (χ4v) is 1.71. The van der Waals surface area contributed by atoms with E-state index in [1.54, 1.807) is 12.1 Å². The second-order valence-corrected chi connectivity index (χ2v) is 3.93. The number of hydrogen-bond donors (Lipinski definition) is 3. The zero-order chi connectivity index (χ0) is 13.8. The summed E-state index contributed by atoms with van der Waals surface area (Å²) in [5.74, 6) is 0. The zero-order valence-corrected chi connectivity index (χ0v) is 9.76. The highest BCUT2D eigenvalue weighted by molar-refractivity contribution is 5.77. The van der Waals surface area contributed by atoms with Crippen LogP contribution in [0.2, 0.25) is 0 Å². The van der Waals surface area contributed by atoms with Gasteiger partial charge in [-0.1, -0.05) is 11.2 Å². The molecule has 0 fully saturated rings. The summed E-state index contributed by atoms with van der Waals surface area (Å²) >= 11 is 0. The molecule has 1 aromatic carbocycles. The van der Waals surface area contributed by atoms with Crippen LogP contribution in [0.1, 0.15) is 11.7 Å². The molecular weight excluding hydrogens is 250 g/mol. The first-order valence-corrected chi connectivity index (χ1v) is 5.48. The fourth-order valence-electron chi connectivity index (χ4n) is 1.71. The van der Waals surface area contributed by atoms with E-state index in [0.717, 1.165) is 0 Å². The number of nitrogens with one attached hydrogen (secondary N) is 1. The summed E-state index contributed by atoms with van der Waals surface area (Å²) in [4.78, 5) is 20.5. The largest absolute Gasteiger partial charge is 0.390 e. The lowest BCUT2D eigenvalue weighted by Gasteiger charge is -2.16. The van der Waals surface area contributed by atoms with Crippen LogP contribution in [0.3, 0.4) is 0 Å². The molecule has 0 amide bonds. The number of H-pyrrole nitrogens is 1. The third-order valence-electron chi connectivity index (χ3n) is 2.70. The van der Waals surface area contributed by atoms with Crippen molar-refractivity contribution in [3.05, 3.63) is 50.9 Å². The lowest BCUT2D eigenvalue weighted by Crippen LogP contribution is -2.21. The molecule has 1 aromatic heterocycles. The molecule has 2 rings (SSSR count). The Kier molecular flexibility index (Phi) is 3.76. The highest BCUT2D eigenvalue weighted by Crippen LogP contribution is 2.20. The molecule has 0 saturated carbocycles.